The van der Waals surface area contributed by atoms with Crippen molar-refractivity contribution in [2.45, 2.75) is 45.7 Å². The summed E-state index contributed by atoms with van der Waals surface area (Å²) < 4.78 is 1.89. The number of likely N-dealkylation sites (tertiary alicyclic amines) is 1. The van der Waals surface area contributed by atoms with Gasteiger partial charge in [0.1, 0.15) is 6.33 Å². The van der Waals surface area contributed by atoms with E-state index < -0.39 is 0 Å². The molecule has 1 fully saturated rings. The number of rotatable bonds is 5. The Labute approximate surface area is 146 Å². The standard InChI is InChI=1S/C16H24N6OS/c1-11(2)7-14-17-8-12(24-14)9-18-16(23)22-6-4-5-13(22)15-20-19-10-21(15)3/h8,10-11,13H,4-7,9H2,1-3H3,(H,18,23)/t13-/m0/s1. The second-order valence-electron chi connectivity index (χ2n) is 6.63. The summed E-state index contributed by atoms with van der Waals surface area (Å²) in [6, 6.07) is -0.0326. The molecular weight excluding hydrogens is 324 g/mol. The number of carbonyl (C=O) groups is 1. The van der Waals surface area contributed by atoms with E-state index in [-0.39, 0.29) is 12.1 Å². The Bertz CT molecular complexity index is 694. The maximum atomic E-state index is 12.6. The predicted octanol–water partition coefficient (Wildman–Crippen LogP) is 2.52. The number of aryl methyl sites for hydroxylation is 1. The summed E-state index contributed by atoms with van der Waals surface area (Å²) in [7, 11) is 1.91. The third-order valence-corrected chi connectivity index (χ3v) is 5.18. The zero-order valence-electron chi connectivity index (χ0n) is 14.4. The van der Waals surface area contributed by atoms with Crippen molar-refractivity contribution in [1.82, 2.24) is 30.0 Å². The Balaban J connectivity index is 1.58. The minimum absolute atomic E-state index is 0.00969. The molecule has 0 aromatic carbocycles. The van der Waals surface area contributed by atoms with Gasteiger partial charge in [-0.15, -0.1) is 21.5 Å². The topological polar surface area (TPSA) is 75.9 Å². The molecule has 3 heterocycles. The Hall–Kier alpha value is -1.96. The molecule has 0 radical (unpaired) electrons. The number of aromatic nitrogens is 4. The highest BCUT2D eigenvalue weighted by molar-refractivity contribution is 7.11. The van der Waals surface area contributed by atoms with Gasteiger partial charge in [0.25, 0.3) is 0 Å². The normalized spacial score (nSPS) is 17.7. The van der Waals surface area contributed by atoms with Crippen LogP contribution < -0.4 is 5.32 Å². The maximum absolute atomic E-state index is 12.6. The number of hydrogen-bond donors (Lipinski definition) is 1. The number of nitrogens with zero attached hydrogens (tertiary/aromatic N) is 5. The molecule has 0 saturated carbocycles. The zero-order chi connectivity index (χ0) is 17.1. The summed E-state index contributed by atoms with van der Waals surface area (Å²) in [5.74, 6) is 1.44. The molecule has 8 heteroatoms. The van der Waals surface area contributed by atoms with Gasteiger partial charge in [-0.1, -0.05) is 13.8 Å². The Morgan fingerprint density at radius 3 is 3.04 bits per heavy atom. The average Bonchev–Trinajstić information content (AvgIpc) is 3.24. The minimum atomic E-state index is -0.0423. The highest BCUT2D eigenvalue weighted by Crippen LogP contribution is 2.30. The lowest BCUT2D eigenvalue weighted by atomic mass is 10.1. The molecule has 24 heavy (non-hydrogen) atoms. The van der Waals surface area contributed by atoms with Crippen molar-refractivity contribution in [3.05, 3.63) is 28.2 Å². The first-order chi connectivity index (χ1) is 11.5. The first kappa shape index (κ1) is 16.9. The lowest BCUT2D eigenvalue weighted by molar-refractivity contribution is 0.189. The molecule has 0 spiro atoms. The van der Waals surface area contributed by atoms with Gasteiger partial charge in [0.2, 0.25) is 0 Å². The maximum Gasteiger partial charge on any atom is 0.318 e. The lowest BCUT2D eigenvalue weighted by Crippen LogP contribution is -2.39. The molecule has 1 aliphatic heterocycles. The van der Waals surface area contributed by atoms with Crippen LogP contribution >= 0.6 is 11.3 Å². The number of thiazole rings is 1. The molecule has 0 bridgehead atoms. The van der Waals surface area contributed by atoms with Crippen molar-refractivity contribution in [2.24, 2.45) is 13.0 Å². The average molecular weight is 348 g/mol. The van der Waals surface area contributed by atoms with Crippen LogP contribution in [-0.4, -0.2) is 37.2 Å². The summed E-state index contributed by atoms with van der Waals surface area (Å²) in [4.78, 5) is 19.9. The van der Waals surface area contributed by atoms with E-state index in [9.17, 15) is 4.79 Å². The van der Waals surface area contributed by atoms with Gasteiger partial charge in [0, 0.05) is 31.1 Å². The van der Waals surface area contributed by atoms with E-state index in [4.69, 9.17) is 0 Å². The molecule has 1 aliphatic rings. The monoisotopic (exact) mass is 348 g/mol. The van der Waals surface area contributed by atoms with Gasteiger partial charge in [-0.05, 0) is 18.8 Å². The van der Waals surface area contributed by atoms with Crippen LogP contribution in [0.25, 0.3) is 0 Å². The van der Waals surface area contributed by atoms with Crippen LogP contribution in [0.5, 0.6) is 0 Å². The zero-order valence-corrected chi connectivity index (χ0v) is 15.2. The van der Waals surface area contributed by atoms with E-state index in [1.54, 1.807) is 17.7 Å². The SMILES string of the molecule is CC(C)Cc1ncc(CNC(=O)N2CCC[C@H]2c2nncn2C)s1. The number of carbonyl (C=O) groups excluding carboxylic acids is 1. The van der Waals surface area contributed by atoms with Gasteiger partial charge in [-0.25, -0.2) is 9.78 Å². The van der Waals surface area contributed by atoms with Gasteiger partial charge in [-0.3, -0.25) is 0 Å². The molecule has 2 aromatic heterocycles. The summed E-state index contributed by atoms with van der Waals surface area (Å²) in [6.07, 6.45) is 6.45. The third-order valence-electron chi connectivity index (χ3n) is 4.16. The number of nitrogens with one attached hydrogen (secondary N) is 1. The summed E-state index contributed by atoms with van der Waals surface area (Å²) in [6.45, 7) is 5.65. The van der Waals surface area contributed by atoms with Crippen LogP contribution in [0.15, 0.2) is 12.5 Å². The minimum Gasteiger partial charge on any atom is -0.333 e. The molecule has 7 nitrogen and oxygen atoms in total. The van der Waals surface area contributed by atoms with Crippen LogP contribution in [0.2, 0.25) is 0 Å². The molecule has 2 aromatic rings. The number of hydrogen-bond acceptors (Lipinski definition) is 5. The largest absolute Gasteiger partial charge is 0.333 e. The highest BCUT2D eigenvalue weighted by atomic mass is 32.1. The van der Waals surface area contributed by atoms with Crippen molar-refractivity contribution in [2.75, 3.05) is 6.54 Å². The van der Waals surface area contributed by atoms with Gasteiger partial charge in [0.15, 0.2) is 5.82 Å². The van der Waals surface area contributed by atoms with E-state index in [0.29, 0.717) is 12.5 Å². The summed E-state index contributed by atoms with van der Waals surface area (Å²) in [5, 5.41) is 12.2. The molecular formula is C16H24N6OS. The second-order valence-corrected chi connectivity index (χ2v) is 7.83. The first-order valence-corrected chi connectivity index (χ1v) is 9.18. The van der Waals surface area contributed by atoms with Gasteiger partial charge in [0.05, 0.1) is 17.6 Å². The van der Waals surface area contributed by atoms with Gasteiger partial charge in [-0.2, -0.15) is 0 Å². The molecule has 1 atom stereocenters. The fraction of sp³-hybridized carbons (Fsp3) is 0.625. The van der Waals surface area contributed by atoms with E-state index >= 15 is 0 Å². The van der Waals surface area contributed by atoms with Crippen molar-refractivity contribution in [1.29, 1.82) is 0 Å². The van der Waals surface area contributed by atoms with Crippen LogP contribution in [0.1, 0.15) is 48.4 Å². The highest BCUT2D eigenvalue weighted by Gasteiger charge is 2.32. The van der Waals surface area contributed by atoms with Gasteiger partial charge < -0.3 is 14.8 Å². The molecule has 0 aliphatic carbocycles. The van der Waals surface area contributed by atoms with Crippen LogP contribution in [0.4, 0.5) is 4.79 Å². The van der Waals surface area contributed by atoms with Crippen molar-refractivity contribution < 1.29 is 4.79 Å². The predicted molar refractivity (Wildman–Crippen MR) is 92.6 cm³/mol. The lowest BCUT2D eigenvalue weighted by Gasteiger charge is -2.24. The smallest absolute Gasteiger partial charge is 0.318 e. The Morgan fingerprint density at radius 2 is 2.33 bits per heavy atom. The van der Waals surface area contributed by atoms with Crippen molar-refractivity contribution >= 4 is 17.4 Å². The molecule has 2 amide bonds. The Kier molecular flexibility index (Phi) is 5.13. The van der Waals surface area contributed by atoms with Crippen LogP contribution in [0.3, 0.4) is 0 Å². The third kappa shape index (κ3) is 3.75. The number of urea groups is 1. The Morgan fingerprint density at radius 1 is 1.50 bits per heavy atom. The summed E-state index contributed by atoms with van der Waals surface area (Å²) >= 11 is 1.68. The fourth-order valence-corrected chi connectivity index (χ4v) is 4.08. The quantitative estimate of drug-likeness (QED) is 0.901. The van der Waals surface area contributed by atoms with E-state index in [1.807, 2.05) is 22.7 Å². The van der Waals surface area contributed by atoms with Crippen molar-refractivity contribution in [3.63, 3.8) is 0 Å². The fourth-order valence-electron chi connectivity index (χ4n) is 3.01. The van der Waals surface area contributed by atoms with Gasteiger partial charge >= 0.3 is 6.03 Å². The summed E-state index contributed by atoms with van der Waals surface area (Å²) in [5.41, 5.74) is 0. The molecule has 1 saturated heterocycles. The molecule has 3 rings (SSSR count). The number of amides is 2. The molecule has 0 unspecified atom stereocenters. The van der Waals surface area contributed by atoms with E-state index in [1.165, 1.54) is 0 Å². The van der Waals surface area contributed by atoms with Crippen LogP contribution in [0, 0.1) is 5.92 Å². The van der Waals surface area contributed by atoms with E-state index in [0.717, 1.165) is 41.5 Å². The molecule has 130 valence electrons. The first-order valence-electron chi connectivity index (χ1n) is 8.36. The second kappa shape index (κ2) is 7.29. The molecule has 1 N–H and O–H groups in total. The van der Waals surface area contributed by atoms with Crippen molar-refractivity contribution in [3.8, 4) is 0 Å². The van der Waals surface area contributed by atoms with E-state index in [2.05, 4.69) is 34.3 Å². The van der Waals surface area contributed by atoms with Crippen LogP contribution in [-0.2, 0) is 20.0 Å².